The second kappa shape index (κ2) is 5.71. The van der Waals surface area contributed by atoms with Gasteiger partial charge in [-0.2, -0.15) is 0 Å². The van der Waals surface area contributed by atoms with Crippen molar-refractivity contribution < 1.29 is 14.3 Å². The van der Waals surface area contributed by atoms with E-state index in [0.717, 1.165) is 18.6 Å². The van der Waals surface area contributed by atoms with Gasteiger partial charge in [-0.15, -0.1) is 6.58 Å². The van der Waals surface area contributed by atoms with Crippen LogP contribution in [-0.2, 0) is 22.4 Å². The fourth-order valence-electron chi connectivity index (χ4n) is 2.29. The predicted octanol–water partition coefficient (Wildman–Crippen LogP) is 2.67. The van der Waals surface area contributed by atoms with Crippen molar-refractivity contribution >= 4 is 5.97 Å². The highest BCUT2D eigenvalue weighted by atomic mass is 16.5. The van der Waals surface area contributed by atoms with Gasteiger partial charge in [0.25, 0.3) is 0 Å². The molecular weight excluding hydrogens is 228 g/mol. The fourth-order valence-corrected chi connectivity index (χ4v) is 2.29. The maximum absolute atomic E-state index is 11.2. The summed E-state index contributed by atoms with van der Waals surface area (Å²) in [5.74, 6) is 0.776. The molecule has 3 heteroatoms. The normalized spacial score (nSPS) is 16.8. The van der Waals surface area contributed by atoms with E-state index in [9.17, 15) is 4.79 Å². The number of benzene rings is 1. The van der Waals surface area contributed by atoms with Gasteiger partial charge in [0.15, 0.2) is 0 Å². The second-order valence-corrected chi connectivity index (χ2v) is 4.44. The molecule has 0 amide bonds. The maximum atomic E-state index is 11.2. The molecule has 0 fully saturated rings. The van der Waals surface area contributed by atoms with Crippen molar-refractivity contribution in [3.63, 3.8) is 0 Å². The van der Waals surface area contributed by atoms with Crippen LogP contribution >= 0.6 is 0 Å². The first kappa shape index (κ1) is 12.7. The van der Waals surface area contributed by atoms with Crippen LogP contribution in [0.25, 0.3) is 0 Å². The van der Waals surface area contributed by atoms with Gasteiger partial charge in [0.2, 0.25) is 0 Å². The number of hydrogen-bond acceptors (Lipinski definition) is 3. The standard InChI is InChI=1S/C15H18O3/c1-3-5-12-10-13-11(8-9-15(16)17-2)6-4-7-14(13)18-12/h3-4,6-7,12H,1,5,8-10H2,2H3/t12-/m1/s1. The quantitative estimate of drug-likeness (QED) is 0.592. The molecule has 1 atom stereocenters. The van der Waals surface area contributed by atoms with Crippen molar-refractivity contribution in [3.05, 3.63) is 42.0 Å². The molecule has 1 aliphatic heterocycles. The number of aryl methyl sites for hydroxylation is 1. The zero-order chi connectivity index (χ0) is 13.0. The molecule has 0 spiro atoms. The Labute approximate surface area is 107 Å². The minimum Gasteiger partial charge on any atom is -0.489 e. The number of hydrogen-bond donors (Lipinski definition) is 0. The van der Waals surface area contributed by atoms with Gasteiger partial charge in [0.05, 0.1) is 7.11 Å². The number of fused-ring (bicyclic) bond motifs is 1. The minimum absolute atomic E-state index is 0.172. The van der Waals surface area contributed by atoms with Crippen LogP contribution in [0.1, 0.15) is 24.0 Å². The summed E-state index contributed by atoms with van der Waals surface area (Å²) in [6.07, 6.45) is 4.95. The second-order valence-electron chi connectivity index (χ2n) is 4.44. The van der Waals surface area contributed by atoms with E-state index in [-0.39, 0.29) is 12.1 Å². The van der Waals surface area contributed by atoms with Crippen LogP contribution in [0, 0.1) is 0 Å². The van der Waals surface area contributed by atoms with Crippen LogP contribution < -0.4 is 4.74 Å². The molecule has 3 nitrogen and oxygen atoms in total. The predicted molar refractivity (Wildman–Crippen MR) is 69.7 cm³/mol. The lowest BCUT2D eigenvalue weighted by atomic mass is 9.98. The third kappa shape index (κ3) is 2.73. The zero-order valence-electron chi connectivity index (χ0n) is 10.6. The van der Waals surface area contributed by atoms with Gasteiger partial charge in [-0.1, -0.05) is 18.2 Å². The molecule has 0 bridgehead atoms. The number of carbonyl (C=O) groups excluding carboxylic acids is 1. The van der Waals surface area contributed by atoms with Crippen molar-refractivity contribution in [1.82, 2.24) is 0 Å². The summed E-state index contributed by atoms with van der Waals surface area (Å²) in [6.45, 7) is 3.74. The Hall–Kier alpha value is -1.77. The van der Waals surface area contributed by atoms with E-state index < -0.39 is 0 Å². The highest BCUT2D eigenvalue weighted by Crippen LogP contribution is 2.33. The fraction of sp³-hybridized carbons (Fsp3) is 0.400. The molecule has 1 aromatic carbocycles. The molecule has 0 saturated heterocycles. The Morgan fingerprint density at radius 3 is 3.17 bits per heavy atom. The van der Waals surface area contributed by atoms with E-state index in [4.69, 9.17) is 4.74 Å². The van der Waals surface area contributed by atoms with Gasteiger partial charge in [0.1, 0.15) is 11.9 Å². The number of ether oxygens (including phenoxy) is 2. The Kier molecular flexibility index (Phi) is 4.03. The van der Waals surface area contributed by atoms with E-state index in [1.807, 2.05) is 18.2 Å². The highest BCUT2D eigenvalue weighted by Gasteiger charge is 2.24. The topological polar surface area (TPSA) is 35.5 Å². The monoisotopic (exact) mass is 246 g/mol. The van der Waals surface area contributed by atoms with Gasteiger partial charge >= 0.3 is 5.97 Å². The molecule has 0 aromatic heterocycles. The van der Waals surface area contributed by atoms with Crippen LogP contribution in [-0.4, -0.2) is 19.2 Å². The number of rotatable bonds is 5. The molecule has 0 N–H and O–H groups in total. The zero-order valence-corrected chi connectivity index (χ0v) is 10.6. The lowest BCUT2D eigenvalue weighted by molar-refractivity contribution is -0.140. The third-order valence-corrected chi connectivity index (χ3v) is 3.21. The number of methoxy groups -OCH3 is 1. The number of esters is 1. The van der Waals surface area contributed by atoms with E-state index in [1.165, 1.54) is 18.2 Å². The Balaban J connectivity index is 2.08. The molecule has 1 aromatic rings. The molecule has 18 heavy (non-hydrogen) atoms. The van der Waals surface area contributed by atoms with Gasteiger partial charge in [-0.3, -0.25) is 4.79 Å². The summed E-state index contributed by atoms with van der Waals surface area (Å²) < 4.78 is 10.5. The molecular formula is C15H18O3. The van der Waals surface area contributed by atoms with Crippen LogP contribution in [0.3, 0.4) is 0 Å². The van der Waals surface area contributed by atoms with E-state index >= 15 is 0 Å². The molecule has 1 aliphatic rings. The van der Waals surface area contributed by atoms with Crippen molar-refractivity contribution in [3.8, 4) is 5.75 Å². The van der Waals surface area contributed by atoms with Gasteiger partial charge in [-0.05, 0) is 18.1 Å². The van der Waals surface area contributed by atoms with Gasteiger partial charge in [-0.25, -0.2) is 0 Å². The average molecular weight is 246 g/mol. The molecule has 0 unspecified atom stereocenters. The lowest BCUT2D eigenvalue weighted by Crippen LogP contribution is -2.11. The summed E-state index contributed by atoms with van der Waals surface area (Å²) in [4.78, 5) is 11.2. The van der Waals surface area contributed by atoms with Crippen molar-refractivity contribution in [1.29, 1.82) is 0 Å². The molecule has 96 valence electrons. The summed E-state index contributed by atoms with van der Waals surface area (Å²) in [5, 5.41) is 0. The minimum atomic E-state index is -0.172. The van der Waals surface area contributed by atoms with Crippen LogP contribution in [0.5, 0.6) is 5.75 Å². The first-order chi connectivity index (χ1) is 8.74. The first-order valence-corrected chi connectivity index (χ1v) is 6.19. The van der Waals surface area contributed by atoms with Crippen molar-refractivity contribution in [2.75, 3.05) is 7.11 Å². The Bertz CT molecular complexity index is 451. The molecule has 0 aliphatic carbocycles. The van der Waals surface area contributed by atoms with Crippen LogP contribution in [0.15, 0.2) is 30.9 Å². The summed E-state index contributed by atoms with van der Waals surface area (Å²) >= 11 is 0. The van der Waals surface area contributed by atoms with Gasteiger partial charge in [0, 0.05) is 24.8 Å². The van der Waals surface area contributed by atoms with Crippen LogP contribution in [0.4, 0.5) is 0 Å². The molecule has 1 heterocycles. The van der Waals surface area contributed by atoms with E-state index in [0.29, 0.717) is 12.8 Å². The number of carbonyl (C=O) groups is 1. The summed E-state index contributed by atoms with van der Waals surface area (Å²) in [5.41, 5.74) is 2.41. The van der Waals surface area contributed by atoms with Crippen LogP contribution in [0.2, 0.25) is 0 Å². The third-order valence-electron chi connectivity index (χ3n) is 3.21. The van der Waals surface area contributed by atoms with Crippen molar-refractivity contribution in [2.45, 2.75) is 31.8 Å². The largest absolute Gasteiger partial charge is 0.489 e. The van der Waals surface area contributed by atoms with E-state index in [1.54, 1.807) is 0 Å². The first-order valence-electron chi connectivity index (χ1n) is 6.19. The van der Waals surface area contributed by atoms with E-state index in [2.05, 4.69) is 17.4 Å². The Morgan fingerprint density at radius 1 is 1.61 bits per heavy atom. The summed E-state index contributed by atoms with van der Waals surface area (Å²) in [6, 6.07) is 6.02. The lowest BCUT2D eigenvalue weighted by Gasteiger charge is -2.06. The van der Waals surface area contributed by atoms with Gasteiger partial charge < -0.3 is 9.47 Å². The molecule has 2 rings (SSSR count). The average Bonchev–Trinajstić information content (AvgIpc) is 2.79. The molecule has 0 radical (unpaired) electrons. The summed E-state index contributed by atoms with van der Waals surface area (Å²) in [7, 11) is 1.42. The highest BCUT2D eigenvalue weighted by molar-refractivity contribution is 5.69. The van der Waals surface area contributed by atoms with Crippen molar-refractivity contribution in [2.24, 2.45) is 0 Å². The molecule has 0 saturated carbocycles. The maximum Gasteiger partial charge on any atom is 0.305 e. The Morgan fingerprint density at radius 2 is 2.44 bits per heavy atom. The SMILES string of the molecule is C=CC[C@@H]1Cc2c(CCC(=O)OC)cccc2O1. The smallest absolute Gasteiger partial charge is 0.305 e.